The highest BCUT2D eigenvalue weighted by Gasteiger charge is 2.20. The summed E-state index contributed by atoms with van der Waals surface area (Å²) in [6.07, 6.45) is 3.12. The van der Waals surface area contributed by atoms with Crippen LogP contribution in [0.1, 0.15) is 39.4 Å². The van der Waals surface area contributed by atoms with Crippen LogP contribution in [0, 0.1) is 5.92 Å². The molecule has 0 saturated carbocycles. The van der Waals surface area contributed by atoms with Crippen LogP contribution in [-0.4, -0.2) is 17.9 Å². The molecule has 2 amide bonds. The third kappa shape index (κ3) is 4.77. The Balaban J connectivity index is 2.37. The van der Waals surface area contributed by atoms with Crippen molar-refractivity contribution in [3.63, 3.8) is 0 Å². The summed E-state index contributed by atoms with van der Waals surface area (Å²) in [6, 6.07) is 3.01. The summed E-state index contributed by atoms with van der Waals surface area (Å²) < 4.78 is 5.12. The summed E-state index contributed by atoms with van der Waals surface area (Å²) in [7, 11) is 0. The highest BCUT2D eigenvalue weighted by Crippen LogP contribution is 2.07. The number of carbonyl (C=O) groups excluding carboxylic acids is 2. The van der Waals surface area contributed by atoms with Gasteiger partial charge in [-0.2, -0.15) is 0 Å². The smallest absolute Gasteiger partial charge is 0.242 e. The molecule has 5 heteroatoms. The molecule has 2 N–H and O–H groups in total. The molecule has 106 valence electrons. The Kier molecular flexibility index (Phi) is 6.12. The largest absolute Gasteiger partial charge is 0.467 e. The van der Waals surface area contributed by atoms with E-state index in [1.54, 1.807) is 25.3 Å². The fourth-order valence-corrected chi connectivity index (χ4v) is 1.80. The summed E-state index contributed by atoms with van der Waals surface area (Å²) in [6.45, 7) is 5.94. The fourth-order valence-electron chi connectivity index (χ4n) is 1.80. The second kappa shape index (κ2) is 7.61. The van der Waals surface area contributed by atoms with E-state index in [1.165, 1.54) is 0 Å². The number of rotatable bonds is 7. The summed E-state index contributed by atoms with van der Waals surface area (Å²) in [4.78, 5) is 23.6. The van der Waals surface area contributed by atoms with E-state index in [4.69, 9.17) is 4.42 Å². The normalized spacial score (nSPS) is 12.2. The van der Waals surface area contributed by atoms with Crippen LogP contribution in [-0.2, 0) is 16.1 Å². The van der Waals surface area contributed by atoms with Crippen LogP contribution in [0.5, 0.6) is 0 Å². The minimum absolute atomic E-state index is 0.0275. The fraction of sp³-hybridized carbons (Fsp3) is 0.571. The molecule has 0 saturated heterocycles. The van der Waals surface area contributed by atoms with Gasteiger partial charge in [0.2, 0.25) is 11.8 Å². The second-order valence-corrected chi connectivity index (χ2v) is 4.54. The van der Waals surface area contributed by atoms with Crippen molar-refractivity contribution >= 4 is 11.8 Å². The van der Waals surface area contributed by atoms with E-state index in [0.717, 1.165) is 12.8 Å². The van der Waals surface area contributed by atoms with Gasteiger partial charge in [-0.25, -0.2) is 0 Å². The molecular weight excluding hydrogens is 244 g/mol. The second-order valence-electron chi connectivity index (χ2n) is 4.54. The molecular formula is C14H22N2O3. The van der Waals surface area contributed by atoms with E-state index in [9.17, 15) is 9.59 Å². The minimum atomic E-state index is -0.539. The van der Waals surface area contributed by atoms with Gasteiger partial charge < -0.3 is 15.1 Å². The van der Waals surface area contributed by atoms with Crippen molar-refractivity contribution in [1.29, 1.82) is 0 Å². The van der Waals surface area contributed by atoms with Crippen molar-refractivity contribution in [2.75, 3.05) is 0 Å². The highest BCUT2D eigenvalue weighted by molar-refractivity contribution is 5.88. The third-order valence-electron chi connectivity index (χ3n) is 3.13. The van der Waals surface area contributed by atoms with Gasteiger partial charge in [0.1, 0.15) is 11.8 Å². The van der Waals surface area contributed by atoms with Gasteiger partial charge in [-0.3, -0.25) is 9.59 Å². The lowest BCUT2D eigenvalue weighted by Crippen LogP contribution is -2.46. The lowest BCUT2D eigenvalue weighted by Gasteiger charge is -2.17. The topological polar surface area (TPSA) is 71.3 Å². The summed E-state index contributed by atoms with van der Waals surface area (Å²) in [5, 5.41) is 5.45. The van der Waals surface area contributed by atoms with Gasteiger partial charge >= 0.3 is 0 Å². The van der Waals surface area contributed by atoms with Crippen LogP contribution in [0.2, 0.25) is 0 Å². The maximum atomic E-state index is 11.8. The Labute approximate surface area is 113 Å². The van der Waals surface area contributed by atoms with Crippen molar-refractivity contribution in [3.8, 4) is 0 Å². The SMILES string of the molecule is CCC(CC)C(=O)N[C@H](C)C(=O)NCc1ccco1. The number of furan rings is 1. The minimum Gasteiger partial charge on any atom is -0.467 e. The Bertz CT molecular complexity index is 397. The number of hydrogen-bond donors (Lipinski definition) is 2. The summed E-state index contributed by atoms with van der Waals surface area (Å²) in [5.74, 6) is 0.383. The standard InChI is InChI=1S/C14H22N2O3/c1-4-11(5-2)14(18)16-10(3)13(17)15-9-12-7-6-8-19-12/h6-8,10-11H,4-5,9H2,1-3H3,(H,15,17)(H,16,18)/t10-/m1/s1. The molecule has 1 aromatic heterocycles. The maximum Gasteiger partial charge on any atom is 0.242 e. The van der Waals surface area contributed by atoms with Crippen LogP contribution in [0.3, 0.4) is 0 Å². The Morgan fingerprint density at radius 2 is 1.95 bits per heavy atom. The molecule has 0 bridgehead atoms. The molecule has 0 radical (unpaired) electrons. The number of hydrogen-bond acceptors (Lipinski definition) is 3. The predicted molar refractivity (Wildman–Crippen MR) is 72.2 cm³/mol. The van der Waals surface area contributed by atoms with Crippen molar-refractivity contribution in [2.45, 2.75) is 46.2 Å². The van der Waals surface area contributed by atoms with Gasteiger partial charge in [0.05, 0.1) is 12.8 Å². The molecule has 0 spiro atoms. The van der Waals surface area contributed by atoms with Crippen LogP contribution in [0.15, 0.2) is 22.8 Å². The van der Waals surface area contributed by atoms with Crippen molar-refractivity contribution < 1.29 is 14.0 Å². The van der Waals surface area contributed by atoms with Crippen molar-refractivity contribution in [2.24, 2.45) is 5.92 Å². The highest BCUT2D eigenvalue weighted by atomic mass is 16.3. The van der Waals surface area contributed by atoms with Gasteiger partial charge in [0, 0.05) is 5.92 Å². The van der Waals surface area contributed by atoms with Crippen molar-refractivity contribution in [1.82, 2.24) is 10.6 Å². The third-order valence-corrected chi connectivity index (χ3v) is 3.13. The monoisotopic (exact) mass is 266 g/mol. The van der Waals surface area contributed by atoms with Gasteiger partial charge in [0.15, 0.2) is 0 Å². The molecule has 0 aliphatic heterocycles. The Morgan fingerprint density at radius 1 is 1.26 bits per heavy atom. The summed E-state index contributed by atoms with van der Waals surface area (Å²) >= 11 is 0. The zero-order valence-electron chi connectivity index (χ0n) is 11.7. The average Bonchev–Trinajstić information content (AvgIpc) is 2.90. The van der Waals surface area contributed by atoms with Gasteiger partial charge in [-0.1, -0.05) is 13.8 Å². The number of nitrogens with one attached hydrogen (secondary N) is 2. The zero-order chi connectivity index (χ0) is 14.3. The van der Waals surface area contributed by atoms with E-state index in [1.807, 2.05) is 13.8 Å². The molecule has 5 nitrogen and oxygen atoms in total. The summed E-state index contributed by atoms with van der Waals surface area (Å²) in [5.41, 5.74) is 0. The lowest BCUT2D eigenvalue weighted by molar-refractivity contribution is -0.131. The van der Waals surface area contributed by atoms with E-state index in [-0.39, 0.29) is 17.7 Å². The van der Waals surface area contributed by atoms with Gasteiger partial charge in [-0.05, 0) is 31.9 Å². The molecule has 1 aromatic rings. The molecule has 1 atom stereocenters. The quantitative estimate of drug-likeness (QED) is 0.791. The zero-order valence-corrected chi connectivity index (χ0v) is 11.7. The first-order chi connectivity index (χ1) is 9.08. The first kappa shape index (κ1) is 15.3. The first-order valence-electron chi connectivity index (χ1n) is 6.68. The van der Waals surface area contributed by atoms with E-state index >= 15 is 0 Å². The maximum absolute atomic E-state index is 11.8. The van der Waals surface area contributed by atoms with Crippen LogP contribution >= 0.6 is 0 Å². The molecule has 0 fully saturated rings. The molecule has 0 unspecified atom stereocenters. The predicted octanol–water partition coefficient (Wildman–Crippen LogP) is 1.84. The average molecular weight is 266 g/mol. The molecule has 0 aliphatic carbocycles. The Hall–Kier alpha value is -1.78. The first-order valence-corrected chi connectivity index (χ1v) is 6.68. The number of amides is 2. The van der Waals surface area contributed by atoms with E-state index in [0.29, 0.717) is 12.3 Å². The Morgan fingerprint density at radius 3 is 2.47 bits per heavy atom. The molecule has 19 heavy (non-hydrogen) atoms. The van der Waals surface area contributed by atoms with Crippen LogP contribution in [0.25, 0.3) is 0 Å². The molecule has 1 heterocycles. The lowest BCUT2D eigenvalue weighted by atomic mass is 10.0. The van der Waals surface area contributed by atoms with Gasteiger partial charge in [-0.15, -0.1) is 0 Å². The molecule has 1 rings (SSSR count). The van der Waals surface area contributed by atoms with E-state index < -0.39 is 6.04 Å². The number of carbonyl (C=O) groups is 2. The van der Waals surface area contributed by atoms with E-state index in [2.05, 4.69) is 10.6 Å². The van der Waals surface area contributed by atoms with Gasteiger partial charge in [0.25, 0.3) is 0 Å². The molecule has 0 aliphatic rings. The molecule has 0 aromatic carbocycles. The van der Waals surface area contributed by atoms with Crippen LogP contribution < -0.4 is 10.6 Å². The van der Waals surface area contributed by atoms with Crippen LogP contribution in [0.4, 0.5) is 0 Å². The van der Waals surface area contributed by atoms with Crippen molar-refractivity contribution in [3.05, 3.63) is 24.2 Å².